The maximum absolute atomic E-state index is 5.44. The highest BCUT2D eigenvalue weighted by atomic mass is 16.5. The lowest BCUT2D eigenvalue weighted by Gasteiger charge is -2.26. The summed E-state index contributed by atoms with van der Waals surface area (Å²) < 4.78 is 5.44. The number of hydrogen-bond acceptors (Lipinski definition) is 3. The lowest BCUT2D eigenvalue weighted by molar-refractivity contribution is 0.00840. The average molecular weight is 261 g/mol. The Morgan fingerprint density at radius 1 is 1.37 bits per heavy atom. The second kappa shape index (κ2) is 5.72. The number of para-hydroxylation sites is 2. The Labute approximate surface area is 114 Å². The van der Waals surface area contributed by atoms with E-state index in [1.807, 2.05) is 24.3 Å². The number of nitrogens with one attached hydrogen (secondary N) is 2. The summed E-state index contributed by atoms with van der Waals surface area (Å²) in [6.45, 7) is 7.12. The molecule has 19 heavy (non-hydrogen) atoms. The van der Waals surface area contributed by atoms with Gasteiger partial charge in [0.25, 0.3) is 0 Å². The quantitative estimate of drug-likeness (QED) is 0.840. The van der Waals surface area contributed by atoms with Crippen molar-refractivity contribution < 1.29 is 4.74 Å². The Kier molecular flexibility index (Phi) is 4.22. The zero-order chi connectivity index (χ0) is 13.9. The van der Waals surface area contributed by atoms with Crippen molar-refractivity contribution in [3.63, 3.8) is 0 Å². The summed E-state index contributed by atoms with van der Waals surface area (Å²) in [4.78, 5) is 7.87. The fraction of sp³-hybridized carbons (Fsp3) is 0.533. The highest BCUT2D eigenvalue weighted by molar-refractivity contribution is 5.74. The number of methoxy groups -OCH3 is 1. The monoisotopic (exact) mass is 261 g/mol. The molecule has 0 radical (unpaired) electrons. The van der Waals surface area contributed by atoms with Crippen LogP contribution in [0.4, 0.5) is 0 Å². The first-order valence-corrected chi connectivity index (χ1v) is 6.72. The number of aromatic amines is 1. The van der Waals surface area contributed by atoms with Gasteiger partial charge in [-0.25, -0.2) is 4.98 Å². The molecule has 2 N–H and O–H groups in total. The molecule has 1 heterocycles. The number of hydrogen-bond donors (Lipinski definition) is 2. The minimum absolute atomic E-state index is 0.0969. The van der Waals surface area contributed by atoms with E-state index in [-0.39, 0.29) is 5.60 Å². The van der Waals surface area contributed by atoms with Crippen LogP contribution >= 0.6 is 0 Å². The van der Waals surface area contributed by atoms with E-state index in [1.54, 1.807) is 7.11 Å². The summed E-state index contributed by atoms with van der Waals surface area (Å²) in [6.07, 6.45) is 0.962. The van der Waals surface area contributed by atoms with E-state index in [0.29, 0.717) is 6.04 Å². The predicted molar refractivity (Wildman–Crippen MR) is 78.1 cm³/mol. The third-order valence-corrected chi connectivity index (χ3v) is 3.41. The number of aromatic nitrogens is 2. The first-order valence-electron chi connectivity index (χ1n) is 6.72. The van der Waals surface area contributed by atoms with Gasteiger partial charge in [-0.15, -0.1) is 0 Å². The molecule has 1 aromatic carbocycles. The Hall–Kier alpha value is -1.39. The molecule has 0 aliphatic heterocycles. The summed E-state index contributed by atoms with van der Waals surface area (Å²) in [5.74, 6) is 0.975. The Balaban J connectivity index is 1.91. The molecule has 1 aromatic heterocycles. The molecule has 1 unspecified atom stereocenters. The van der Waals surface area contributed by atoms with E-state index in [0.717, 1.165) is 29.8 Å². The largest absolute Gasteiger partial charge is 0.379 e. The summed E-state index contributed by atoms with van der Waals surface area (Å²) >= 11 is 0. The molecule has 1 atom stereocenters. The molecule has 0 saturated carbocycles. The van der Waals surface area contributed by atoms with Crippen LogP contribution in [0.2, 0.25) is 0 Å². The van der Waals surface area contributed by atoms with E-state index < -0.39 is 0 Å². The van der Waals surface area contributed by atoms with Crippen LogP contribution in [0.1, 0.15) is 33.0 Å². The molecule has 4 heteroatoms. The molecule has 2 aromatic rings. The van der Waals surface area contributed by atoms with Gasteiger partial charge < -0.3 is 15.0 Å². The Morgan fingerprint density at radius 3 is 2.79 bits per heavy atom. The van der Waals surface area contributed by atoms with E-state index in [9.17, 15) is 0 Å². The third-order valence-electron chi connectivity index (χ3n) is 3.41. The molecular weight excluding hydrogens is 238 g/mol. The van der Waals surface area contributed by atoms with Gasteiger partial charge in [-0.2, -0.15) is 0 Å². The Morgan fingerprint density at radius 2 is 2.11 bits per heavy atom. The number of fused-ring (bicyclic) bond motifs is 1. The summed E-state index contributed by atoms with van der Waals surface area (Å²) in [5, 5.41) is 3.48. The van der Waals surface area contributed by atoms with Gasteiger partial charge in [0.1, 0.15) is 5.82 Å². The van der Waals surface area contributed by atoms with Crippen molar-refractivity contribution >= 4 is 11.0 Å². The molecule has 0 saturated heterocycles. The van der Waals surface area contributed by atoms with Crippen molar-refractivity contribution in [1.29, 1.82) is 0 Å². The molecule has 0 fully saturated rings. The van der Waals surface area contributed by atoms with Gasteiger partial charge in [-0.3, -0.25) is 0 Å². The molecule has 0 spiro atoms. The Bertz CT molecular complexity index is 500. The number of H-pyrrole nitrogens is 1. The third kappa shape index (κ3) is 3.78. The summed E-state index contributed by atoms with van der Waals surface area (Å²) in [5.41, 5.74) is 2.01. The van der Waals surface area contributed by atoms with Crippen LogP contribution in [-0.4, -0.2) is 28.7 Å². The minimum atomic E-state index is -0.0969. The van der Waals surface area contributed by atoms with Crippen molar-refractivity contribution in [3.05, 3.63) is 30.1 Å². The molecule has 2 rings (SSSR count). The second-order valence-corrected chi connectivity index (χ2v) is 5.65. The van der Waals surface area contributed by atoms with Crippen molar-refractivity contribution in [3.8, 4) is 0 Å². The SMILES string of the molecule is COC(C)(C)CC(C)NCc1nc2ccccc2[nH]1. The molecule has 4 nitrogen and oxygen atoms in total. The van der Waals surface area contributed by atoms with Crippen LogP contribution in [0.15, 0.2) is 24.3 Å². The van der Waals surface area contributed by atoms with Crippen molar-refractivity contribution in [2.75, 3.05) is 7.11 Å². The zero-order valence-corrected chi connectivity index (χ0v) is 12.2. The average Bonchev–Trinajstić information content (AvgIpc) is 2.78. The number of benzene rings is 1. The van der Waals surface area contributed by atoms with Crippen LogP contribution in [0.25, 0.3) is 11.0 Å². The van der Waals surface area contributed by atoms with Crippen LogP contribution in [-0.2, 0) is 11.3 Å². The maximum atomic E-state index is 5.44. The van der Waals surface area contributed by atoms with Crippen molar-refractivity contribution in [2.24, 2.45) is 0 Å². The van der Waals surface area contributed by atoms with E-state index >= 15 is 0 Å². The van der Waals surface area contributed by atoms with E-state index in [2.05, 4.69) is 36.1 Å². The van der Waals surface area contributed by atoms with Gasteiger partial charge in [0.05, 0.1) is 23.2 Å². The predicted octanol–water partition coefficient (Wildman–Crippen LogP) is 2.86. The normalized spacial score (nSPS) is 13.9. The molecule has 104 valence electrons. The highest BCUT2D eigenvalue weighted by Gasteiger charge is 2.19. The van der Waals surface area contributed by atoms with Crippen LogP contribution in [0, 0.1) is 0 Å². The van der Waals surface area contributed by atoms with Gasteiger partial charge in [0.2, 0.25) is 0 Å². The molecule has 0 bridgehead atoms. The lowest BCUT2D eigenvalue weighted by atomic mass is 10.00. The first kappa shape index (κ1) is 14.0. The molecule has 0 aliphatic carbocycles. The van der Waals surface area contributed by atoms with Crippen LogP contribution < -0.4 is 5.32 Å². The molecule has 0 aliphatic rings. The molecular formula is C15H23N3O. The fourth-order valence-electron chi connectivity index (χ4n) is 2.25. The lowest BCUT2D eigenvalue weighted by Crippen LogP contribution is -2.35. The van der Waals surface area contributed by atoms with Gasteiger partial charge in [0, 0.05) is 13.2 Å². The van der Waals surface area contributed by atoms with Gasteiger partial charge in [0.15, 0.2) is 0 Å². The maximum Gasteiger partial charge on any atom is 0.121 e. The standard InChI is InChI=1S/C15H23N3O/c1-11(9-15(2,3)19-4)16-10-14-17-12-7-5-6-8-13(12)18-14/h5-8,11,16H,9-10H2,1-4H3,(H,17,18). The van der Waals surface area contributed by atoms with Crippen molar-refractivity contribution in [2.45, 2.75) is 45.4 Å². The van der Waals surface area contributed by atoms with E-state index in [4.69, 9.17) is 4.74 Å². The minimum Gasteiger partial charge on any atom is -0.379 e. The summed E-state index contributed by atoms with van der Waals surface area (Å²) in [7, 11) is 1.76. The highest BCUT2D eigenvalue weighted by Crippen LogP contribution is 2.16. The van der Waals surface area contributed by atoms with Crippen LogP contribution in [0.5, 0.6) is 0 Å². The van der Waals surface area contributed by atoms with Crippen LogP contribution in [0.3, 0.4) is 0 Å². The fourth-order valence-corrected chi connectivity index (χ4v) is 2.25. The van der Waals surface area contributed by atoms with Gasteiger partial charge >= 0.3 is 0 Å². The number of imidazole rings is 1. The number of rotatable bonds is 6. The van der Waals surface area contributed by atoms with E-state index in [1.165, 1.54) is 0 Å². The number of ether oxygens (including phenoxy) is 1. The topological polar surface area (TPSA) is 49.9 Å². The van der Waals surface area contributed by atoms with Crippen molar-refractivity contribution in [1.82, 2.24) is 15.3 Å². The van der Waals surface area contributed by atoms with Gasteiger partial charge in [-0.05, 0) is 39.3 Å². The first-order chi connectivity index (χ1) is 9.00. The second-order valence-electron chi connectivity index (χ2n) is 5.65. The van der Waals surface area contributed by atoms with Gasteiger partial charge in [-0.1, -0.05) is 12.1 Å². The smallest absolute Gasteiger partial charge is 0.121 e. The zero-order valence-electron chi connectivity index (χ0n) is 12.2. The summed E-state index contributed by atoms with van der Waals surface area (Å²) in [6, 6.07) is 8.46. The number of nitrogens with zero attached hydrogens (tertiary/aromatic N) is 1. The molecule has 0 amide bonds.